The van der Waals surface area contributed by atoms with Crippen molar-refractivity contribution in [2.45, 2.75) is 25.8 Å². The molecule has 1 aromatic rings. The lowest BCUT2D eigenvalue weighted by molar-refractivity contribution is -0.386. The highest BCUT2D eigenvalue weighted by Gasteiger charge is 2.12. The van der Waals surface area contributed by atoms with Crippen molar-refractivity contribution in [3.05, 3.63) is 38.8 Å². The molecule has 16 heavy (non-hydrogen) atoms. The van der Waals surface area contributed by atoms with E-state index in [0.29, 0.717) is 12.4 Å². The number of alkyl halides is 1. The molecule has 88 valence electrons. The van der Waals surface area contributed by atoms with E-state index in [4.69, 9.17) is 11.6 Å². The molecule has 0 fully saturated rings. The average Bonchev–Trinajstić information content (AvgIpc) is 2.26. The Morgan fingerprint density at radius 1 is 1.38 bits per heavy atom. The maximum atomic E-state index is 11.6. The summed E-state index contributed by atoms with van der Waals surface area (Å²) in [7, 11) is 0. The molecule has 0 saturated carbocycles. The molecule has 0 bridgehead atoms. The van der Waals surface area contributed by atoms with Crippen molar-refractivity contribution in [2.24, 2.45) is 0 Å². The Bertz CT molecular complexity index is 417. The van der Waals surface area contributed by atoms with Crippen LogP contribution in [0.15, 0.2) is 23.1 Å². The summed E-state index contributed by atoms with van der Waals surface area (Å²) in [5, 5.41) is 10.5. The second kappa shape index (κ2) is 6.27. The number of aromatic nitrogens is 1. The van der Waals surface area contributed by atoms with Crippen molar-refractivity contribution >= 4 is 17.3 Å². The van der Waals surface area contributed by atoms with Gasteiger partial charge in [-0.2, -0.15) is 0 Å². The van der Waals surface area contributed by atoms with Gasteiger partial charge in [-0.3, -0.25) is 14.9 Å². The van der Waals surface area contributed by atoms with Crippen LogP contribution in [0.2, 0.25) is 0 Å². The van der Waals surface area contributed by atoms with Gasteiger partial charge in [0.1, 0.15) is 0 Å². The van der Waals surface area contributed by atoms with E-state index in [1.54, 1.807) is 6.20 Å². The van der Waals surface area contributed by atoms with Crippen molar-refractivity contribution < 1.29 is 4.92 Å². The number of unbranched alkanes of at least 4 members (excludes halogenated alkanes) is 2. The highest BCUT2D eigenvalue weighted by atomic mass is 35.5. The monoisotopic (exact) mass is 244 g/mol. The fraction of sp³-hybridized carbons (Fsp3) is 0.500. The van der Waals surface area contributed by atoms with E-state index in [-0.39, 0.29) is 5.69 Å². The van der Waals surface area contributed by atoms with E-state index in [1.807, 2.05) is 0 Å². The molecule has 5 nitrogen and oxygen atoms in total. The summed E-state index contributed by atoms with van der Waals surface area (Å²) in [5.74, 6) is 0.601. The largest absolute Gasteiger partial charge is 0.334 e. The molecule has 0 aromatic carbocycles. The fourth-order valence-electron chi connectivity index (χ4n) is 1.39. The maximum Gasteiger partial charge on any atom is 0.334 e. The van der Waals surface area contributed by atoms with Gasteiger partial charge in [-0.1, -0.05) is 6.42 Å². The van der Waals surface area contributed by atoms with Gasteiger partial charge in [0.15, 0.2) is 0 Å². The fourth-order valence-corrected chi connectivity index (χ4v) is 1.58. The molecule has 0 aliphatic heterocycles. The quantitative estimate of drug-likeness (QED) is 0.333. The van der Waals surface area contributed by atoms with Crippen molar-refractivity contribution in [3.8, 4) is 0 Å². The Morgan fingerprint density at radius 3 is 2.75 bits per heavy atom. The molecular weight excluding hydrogens is 232 g/mol. The number of pyridine rings is 1. The van der Waals surface area contributed by atoms with Gasteiger partial charge in [0.05, 0.1) is 4.92 Å². The topological polar surface area (TPSA) is 65.1 Å². The Morgan fingerprint density at radius 2 is 2.12 bits per heavy atom. The van der Waals surface area contributed by atoms with Crippen LogP contribution in [0.25, 0.3) is 0 Å². The number of nitrogens with zero attached hydrogens (tertiary/aromatic N) is 2. The van der Waals surface area contributed by atoms with E-state index in [0.717, 1.165) is 19.3 Å². The molecule has 1 heterocycles. The molecular formula is C10H13ClN2O3. The molecule has 0 radical (unpaired) electrons. The summed E-state index contributed by atoms with van der Waals surface area (Å²) in [4.78, 5) is 21.4. The Hall–Kier alpha value is -1.36. The number of rotatable bonds is 6. The minimum Gasteiger partial charge on any atom is -0.310 e. The van der Waals surface area contributed by atoms with Gasteiger partial charge in [0.2, 0.25) is 0 Å². The van der Waals surface area contributed by atoms with Gasteiger partial charge < -0.3 is 4.57 Å². The third kappa shape index (κ3) is 3.34. The molecule has 0 aliphatic rings. The van der Waals surface area contributed by atoms with Crippen molar-refractivity contribution in [3.63, 3.8) is 0 Å². The lowest BCUT2D eigenvalue weighted by atomic mass is 10.2. The van der Waals surface area contributed by atoms with E-state index >= 15 is 0 Å². The lowest BCUT2D eigenvalue weighted by Gasteiger charge is -2.04. The third-order valence-corrected chi connectivity index (χ3v) is 2.50. The molecule has 0 amide bonds. The van der Waals surface area contributed by atoms with E-state index < -0.39 is 10.5 Å². The van der Waals surface area contributed by atoms with E-state index in [2.05, 4.69) is 0 Å². The van der Waals surface area contributed by atoms with Gasteiger partial charge in [0.25, 0.3) is 0 Å². The molecule has 0 spiro atoms. The van der Waals surface area contributed by atoms with Gasteiger partial charge in [-0.05, 0) is 18.9 Å². The zero-order chi connectivity index (χ0) is 12.0. The lowest BCUT2D eigenvalue weighted by Crippen LogP contribution is -2.21. The predicted octanol–water partition coefficient (Wildman–Crippen LogP) is 2.17. The Labute approximate surface area is 97.8 Å². The first-order chi connectivity index (χ1) is 7.66. The highest BCUT2D eigenvalue weighted by molar-refractivity contribution is 6.17. The highest BCUT2D eigenvalue weighted by Crippen LogP contribution is 2.04. The number of hydrogen-bond acceptors (Lipinski definition) is 3. The number of hydrogen-bond donors (Lipinski definition) is 0. The summed E-state index contributed by atoms with van der Waals surface area (Å²) in [5.41, 5.74) is -0.918. The molecule has 1 aromatic heterocycles. The molecule has 0 saturated heterocycles. The third-order valence-electron chi connectivity index (χ3n) is 2.23. The van der Waals surface area contributed by atoms with Crippen LogP contribution in [0.4, 0.5) is 5.69 Å². The first kappa shape index (κ1) is 12.7. The van der Waals surface area contributed by atoms with Gasteiger partial charge >= 0.3 is 11.2 Å². The summed E-state index contributed by atoms with van der Waals surface area (Å²) in [6.07, 6.45) is 4.17. The van der Waals surface area contributed by atoms with E-state index in [9.17, 15) is 14.9 Å². The average molecular weight is 245 g/mol. The van der Waals surface area contributed by atoms with Crippen molar-refractivity contribution in [1.82, 2.24) is 4.57 Å². The molecule has 6 heteroatoms. The van der Waals surface area contributed by atoms with Crippen LogP contribution in [0.5, 0.6) is 0 Å². The predicted molar refractivity (Wildman–Crippen MR) is 61.9 cm³/mol. The van der Waals surface area contributed by atoms with Crippen LogP contribution in [-0.4, -0.2) is 15.4 Å². The van der Waals surface area contributed by atoms with Crippen LogP contribution >= 0.6 is 11.6 Å². The smallest absolute Gasteiger partial charge is 0.310 e. The summed E-state index contributed by atoms with van der Waals surface area (Å²) >= 11 is 5.52. The Kier molecular flexibility index (Phi) is 4.98. The summed E-state index contributed by atoms with van der Waals surface area (Å²) in [6.45, 7) is 0.497. The van der Waals surface area contributed by atoms with Crippen LogP contribution < -0.4 is 5.56 Å². The minimum atomic E-state index is -0.655. The van der Waals surface area contributed by atoms with Gasteiger partial charge in [0, 0.05) is 24.7 Å². The second-order valence-corrected chi connectivity index (χ2v) is 3.78. The molecule has 0 atom stereocenters. The molecule has 0 aliphatic carbocycles. The van der Waals surface area contributed by atoms with Crippen LogP contribution in [0, 0.1) is 10.1 Å². The van der Waals surface area contributed by atoms with Crippen molar-refractivity contribution in [2.75, 3.05) is 5.88 Å². The summed E-state index contributed by atoms with van der Waals surface area (Å²) < 4.78 is 1.37. The van der Waals surface area contributed by atoms with Crippen LogP contribution in [0.3, 0.4) is 0 Å². The zero-order valence-electron chi connectivity index (χ0n) is 8.76. The second-order valence-electron chi connectivity index (χ2n) is 3.40. The van der Waals surface area contributed by atoms with Gasteiger partial charge in [-0.15, -0.1) is 11.6 Å². The number of nitro groups is 1. The van der Waals surface area contributed by atoms with Crippen LogP contribution in [-0.2, 0) is 6.54 Å². The standard InChI is InChI=1S/C10H13ClN2O3/c11-6-2-1-3-7-12-8-4-5-9(10(12)14)13(15)16/h4-5,8H,1-3,6-7H2. The molecule has 0 unspecified atom stereocenters. The summed E-state index contributed by atoms with van der Waals surface area (Å²) in [6, 6.07) is 2.73. The zero-order valence-corrected chi connectivity index (χ0v) is 9.52. The molecule has 1 rings (SSSR count). The first-order valence-electron chi connectivity index (χ1n) is 5.06. The minimum absolute atomic E-state index is 0.375. The van der Waals surface area contributed by atoms with Gasteiger partial charge in [-0.25, -0.2) is 0 Å². The number of aryl methyl sites for hydroxylation is 1. The van der Waals surface area contributed by atoms with E-state index in [1.165, 1.54) is 16.7 Å². The normalized spacial score (nSPS) is 10.3. The Balaban J connectivity index is 2.70. The first-order valence-corrected chi connectivity index (χ1v) is 5.60. The maximum absolute atomic E-state index is 11.6. The SMILES string of the molecule is O=c1c([N+](=O)[O-])cccn1CCCCCCl. The molecule has 0 N–H and O–H groups in total. The van der Waals surface area contributed by atoms with Crippen LogP contribution in [0.1, 0.15) is 19.3 Å². The number of halogens is 1. The van der Waals surface area contributed by atoms with Crippen molar-refractivity contribution in [1.29, 1.82) is 0 Å².